The second-order valence-corrected chi connectivity index (χ2v) is 6.24. The fraction of sp³-hybridized carbons (Fsp3) is 0.600. The van der Waals surface area contributed by atoms with E-state index in [2.05, 4.69) is 11.6 Å². The van der Waals surface area contributed by atoms with Crippen LogP contribution in [0.25, 0.3) is 0 Å². The van der Waals surface area contributed by atoms with Crippen LogP contribution in [0.5, 0.6) is 5.75 Å². The molecule has 0 aliphatic rings. The van der Waals surface area contributed by atoms with E-state index in [9.17, 15) is 9.46 Å². The first kappa shape index (κ1) is 18.2. The summed E-state index contributed by atoms with van der Waals surface area (Å²) in [5, 5.41) is 0. The summed E-state index contributed by atoms with van der Waals surface area (Å²) in [7, 11) is -4.15. The Morgan fingerprint density at radius 1 is 1.00 bits per heavy atom. The fourth-order valence-electron chi connectivity index (χ4n) is 1.83. The lowest BCUT2D eigenvalue weighted by Gasteiger charge is -2.11. The number of benzene rings is 1. The van der Waals surface area contributed by atoms with Gasteiger partial charge in [0.15, 0.2) is 5.75 Å². The first-order valence-electron chi connectivity index (χ1n) is 7.52. The van der Waals surface area contributed by atoms with Gasteiger partial charge in [-0.2, -0.15) is 0 Å². The molecule has 0 aliphatic carbocycles. The Morgan fingerprint density at radius 3 is 2.29 bits per heavy atom. The lowest BCUT2D eigenvalue weighted by atomic mass is 10.1. The van der Waals surface area contributed by atoms with E-state index in [0.29, 0.717) is 5.75 Å². The number of para-hydroxylation sites is 1. The van der Waals surface area contributed by atoms with E-state index < -0.39 is 7.82 Å². The maximum absolute atomic E-state index is 11.5. The van der Waals surface area contributed by atoms with Gasteiger partial charge in [0.1, 0.15) is 0 Å². The molecule has 1 aromatic carbocycles. The quantitative estimate of drug-likeness (QED) is 0.258. The number of rotatable bonds is 12. The first-order chi connectivity index (χ1) is 10.1. The molecule has 5 nitrogen and oxygen atoms in total. The summed E-state index contributed by atoms with van der Waals surface area (Å²) >= 11 is 0. The van der Waals surface area contributed by atoms with Crippen LogP contribution in [0.15, 0.2) is 30.3 Å². The summed E-state index contributed by atoms with van der Waals surface area (Å²) in [5.74, 6) is 0.353. The van der Waals surface area contributed by atoms with Gasteiger partial charge >= 0.3 is 7.82 Å². The molecule has 0 aromatic heterocycles. The van der Waals surface area contributed by atoms with Crippen LogP contribution in [0.1, 0.15) is 51.9 Å². The second kappa shape index (κ2) is 10.8. The summed E-state index contributed by atoms with van der Waals surface area (Å²) < 4.78 is 20.9. The van der Waals surface area contributed by atoms with Crippen molar-refractivity contribution in [2.24, 2.45) is 0 Å². The molecule has 0 saturated heterocycles. The molecule has 0 fully saturated rings. The predicted octanol–water partition coefficient (Wildman–Crippen LogP) is 4.86. The molecule has 0 aliphatic heterocycles. The van der Waals surface area contributed by atoms with Crippen LogP contribution in [0, 0.1) is 0 Å². The highest BCUT2D eigenvalue weighted by Crippen LogP contribution is 2.43. The number of phosphoric acid groups is 1. The third kappa shape index (κ3) is 9.64. The summed E-state index contributed by atoms with van der Waals surface area (Å²) in [6.07, 6.45) is 7.82. The van der Waals surface area contributed by atoms with E-state index in [1.807, 2.05) is 6.07 Å². The Hall–Kier alpha value is -0.870. The number of hydrogen-bond donors (Lipinski definition) is 1. The van der Waals surface area contributed by atoms with Crippen molar-refractivity contribution in [3.63, 3.8) is 0 Å². The van der Waals surface area contributed by atoms with Crippen molar-refractivity contribution in [1.82, 2.24) is 0 Å². The lowest BCUT2D eigenvalue weighted by Crippen LogP contribution is -2.00. The van der Waals surface area contributed by atoms with Crippen molar-refractivity contribution < 1.29 is 23.5 Å². The number of hydrogen-bond acceptors (Lipinski definition) is 4. The average molecular weight is 316 g/mol. The van der Waals surface area contributed by atoms with Crippen molar-refractivity contribution >= 4 is 7.82 Å². The zero-order valence-corrected chi connectivity index (χ0v) is 13.5. The van der Waals surface area contributed by atoms with Gasteiger partial charge in [-0.15, -0.1) is 0 Å². The zero-order valence-electron chi connectivity index (χ0n) is 12.6. The molecular weight excluding hydrogens is 291 g/mol. The summed E-state index contributed by atoms with van der Waals surface area (Å²) in [6.45, 7) is 2.38. The second-order valence-electron chi connectivity index (χ2n) is 4.89. The SMILES string of the molecule is CCCCCCCCCOP(=O)(O)OOc1ccccc1. The molecule has 0 radical (unpaired) electrons. The molecule has 1 rings (SSSR count). The predicted molar refractivity (Wildman–Crippen MR) is 81.9 cm³/mol. The monoisotopic (exact) mass is 316 g/mol. The van der Waals surface area contributed by atoms with Crippen LogP contribution >= 0.6 is 7.82 Å². The Labute approximate surface area is 126 Å². The largest absolute Gasteiger partial charge is 0.508 e. The molecule has 1 unspecified atom stereocenters. The lowest BCUT2D eigenvalue weighted by molar-refractivity contribution is -0.127. The highest BCUT2D eigenvalue weighted by atomic mass is 31.2. The van der Waals surface area contributed by atoms with E-state index in [4.69, 9.17) is 9.41 Å². The van der Waals surface area contributed by atoms with E-state index in [1.54, 1.807) is 24.3 Å². The molecule has 120 valence electrons. The van der Waals surface area contributed by atoms with Crippen LogP contribution in [-0.2, 0) is 13.8 Å². The van der Waals surface area contributed by atoms with Gasteiger partial charge in [-0.3, -0.25) is 4.52 Å². The number of phosphoric ester groups is 1. The summed E-state index contributed by atoms with van der Waals surface area (Å²) in [5.41, 5.74) is 0. The number of unbranched alkanes of at least 4 members (excludes halogenated alkanes) is 6. The van der Waals surface area contributed by atoms with Crippen LogP contribution in [0.4, 0.5) is 0 Å². The summed E-state index contributed by atoms with van der Waals surface area (Å²) in [4.78, 5) is 14.2. The van der Waals surface area contributed by atoms with Gasteiger partial charge in [-0.1, -0.05) is 68.3 Å². The van der Waals surface area contributed by atoms with Crippen molar-refractivity contribution in [1.29, 1.82) is 0 Å². The Balaban J connectivity index is 2.06. The minimum atomic E-state index is -4.15. The van der Waals surface area contributed by atoms with Gasteiger partial charge in [0.25, 0.3) is 0 Å². The highest BCUT2D eigenvalue weighted by molar-refractivity contribution is 7.47. The van der Waals surface area contributed by atoms with Crippen molar-refractivity contribution in [2.45, 2.75) is 51.9 Å². The molecule has 6 heteroatoms. The maximum atomic E-state index is 11.5. The van der Waals surface area contributed by atoms with E-state index in [1.165, 1.54) is 25.7 Å². The Morgan fingerprint density at radius 2 is 1.62 bits per heavy atom. The third-order valence-corrected chi connectivity index (χ3v) is 3.74. The van der Waals surface area contributed by atoms with Crippen molar-refractivity contribution in [3.8, 4) is 5.75 Å². The van der Waals surface area contributed by atoms with E-state index in [0.717, 1.165) is 19.3 Å². The molecular formula is C15H25O5P. The van der Waals surface area contributed by atoms with E-state index in [-0.39, 0.29) is 6.61 Å². The molecule has 0 spiro atoms. The molecule has 21 heavy (non-hydrogen) atoms. The highest BCUT2D eigenvalue weighted by Gasteiger charge is 2.23. The van der Waals surface area contributed by atoms with Crippen LogP contribution in [0.2, 0.25) is 0 Å². The molecule has 1 aromatic rings. The van der Waals surface area contributed by atoms with Gasteiger partial charge in [0.2, 0.25) is 0 Å². The first-order valence-corrected chi connectivity index (χ1v) is 9.02. The smallest absolute Gasteiger partial charge is 0.327 e. The molecule has 1 atom stereocenters. The van der Waals surface area contributed by atoms with Crippen molar-refractivity contribution in [3.05, 3.63) is 30.3 Å². The topological polar surface area (TPSA) is 65.0 Å². The molecule has 0 amide bonds. The van der Waals surface area contributed by atoms with E-state index >= 15 is 0 Å². The zero-order chi connectivity index (χ0) is 15.4. The van der Waals surface area contributed by atoms with Crippen LogP contribution < -0.4 is 4.89 Å². The molecule has 0 heterocycles. The average Bonchev–Trinajstić information content (AvgIpc) is 2.49. The van der Waals surface area contributed by atoms with Gasteiger partial charge in [-0.05, 0) is 18.6 Å². The molecule has 0 saturated carbocycles. The van der Waals surface area contributed by atoms with Crippen molar-refractivity contribution in [2.75, 3.05) is 6.61 Å². The fourth-order valence-corrected chi connectivity index (χ4v) is 2.41. The standard InChI is InChI=1S/C15H25O5P/c1-2-3-4-5-6-7-11-14-18-21(16,17)20-19-15-12-9-8-10-13-15/h8-10,12-13H,2-7,11,14H2,1H3,(H,16,17). The summed E-state index contributed by atoms with van der Waals surface area (Å²) in [6, 6.07) is 8.52. The van der Waals surface area contributed by atoms with Crippen LogP contribution in [-0.4, -0.2) is 11.5 Å². The third-order valence-electron chi connectivity index (χ3n) is 2.97. The Kier molecular flexibility index (Phi) is 9.35. The van der Waals surface area contributed by atoms with Gasteiger partial charge in [0, 0.05) is 0 Å². The van der Waals surface area contributed by atoms with Crippen LogP contribution in [0.3, 0.4) is 0 Å². The van der Waals surface area contributed by atoms with Gasteiger partial charge < -0.3 is 9.78 Å². The van der Waals surface area contributed by atoms with Gasteiger partial charge in [-0.25, -0.2) is 4.57 Å². The molecule has 0 bridgehead atoms. The maximum Gasteiger partial charge on any atom is 0.508 e. The Bertz CT molecular complexity index is 410. The minimum Gasteiger partial charge on any atom is -0.327 e. The molecule has 1 N–H and O–H groups in total. The van der Waals surface area contributed by atoms with Gasteiger partial charge in [0.05, 0.1) is 6.61 Å². The normalized spacial score (nSPS) is 13.8. The minimum absolute atomic E-state index is 0.194.